The highest BCUT2D eigenvalue weighted by Crippen LogP contribution is 2.16. The molecule has 5 nitrogen and oxygen atoms in total. The Morgan fingerprint density at radius 3 is 2.45 bits per heavy atom. The molecule has 0 aliphatic carbocycles. The molecule has 1 aromatic carbocycles. The number of nitrogens with two attached hydrogens (primary N) is 1. The lowest BCUT2D eigenvalue weighted by atomic mass is 10.1. The first kappa shape index (κ1) is 16.5. The van der Waals surface area contributed by atoms with Gasteiger partial charge in [-0.2, -0.15) is 11.8 Å². The van der Waals surface area contributed by atoms with Crippen LogP contribution in [0.5, 0.6) is 0 Å². The molecule has 20 heavy (non-hydrogen) atoms. The number of hydrogen-bond donors (Lipinski definition) is 2. The van der Waals surface area contributed by atoms with Crippen molar-refractivity contribution in [2.24, 2.45) is 5.73 Å². The minimum atomic E-state index is -1.06. The number of carbonyl (C=O) groups is 2. The van der Waals surface area contributed by atoms with E-state index in [1.807, 2.05) is 25.3 Å². The minimum absolute atomic E-state index is 0.356. The molecule has 0 radical (unpaired) electrons. The maximum Gasteiger partial charge on any atom is 0.323 e. The summed E-state index contributed by atoms with van der Waals surface area (Å²) >= 11 is 1.60. The van der Waals surface area contributed by atoms with E-state index in [2.05, 4.69) is 0 Å². The smallest absolute Gasteiger partial charge is 0.323 e. The summed E-state index contributed by atoms with van der Waals surface area (Å²) in [6.45, 7) is 1.55. The Labute approximate surface area is 123 Å². The lowest BCUT2D eigenvalue weighted by Crippen LogP contribution is -2.46. The van der Waals surface area contributed by atoms with Gasteiger partial charge in [-0.25, -0.2) is 0 Å². The highest BCUT2D eigenvalue weighted by Gasteiger charge is 2.24. The van der Waals surface area contributed by atoms with Gasteiger partial charge in [0.15, 0.2) is 0 Å². The van der Waals surface area contributed by atoms with Gasteiger partial charge in [0.2, 0.25) is 5.91 Å². The number of hydrogen-bond acceptors (Lipinski definition) is 4. The Morgan fingerprint density at radius 2 is 1.95 bits per heavy atom. The maximum atomic E-state index is 12.3. The fourth-order valence-electron chi connectivity index (χ4n) is 1.72. The number of thioether (sulfide) groups is 1. The van der Waals surface area contributed by atoms with Gasteiger partial charge in [-0.1, -0.05) is 17.7 Å². The molecular weight excluding hydrogens is 276 g/mol. The zero-order valence-corrected chi connectivity index (χ0v) is 12.5. The molecule has 3 N–H and O–H groups in total. The van der Waals surface area contributed by atoms with Gasteiger partial charge in [0.05, 0.1) is 6.04 Å². The van der Waals surface area contributed by atoms with Crippen LogP contribution in [0.15, 0.2) is 24.3 Å². The molecule has 1 amide bonds. The number of rotatable bonds is 7. The third-order valence-electron chi connectivity index (χ3n) is 2.86. The van der Waals surface area contributed by atoms with Gasteiger partial charge in [-0.3, -0.25) is 14.5 Å². The van der Waals surface area contributed by atoms with E-state index in [1.54, 1.807) is 23.9 Å². The molecule has 110 valence electrons. The van der Waals surface area contributed by atoms with Crippen molar-refractivity contribution in [3.8, 4) is 0 Å². The predicted octanol–water partition coefficient (Wildman–Crippen LogP) is 1.49. The lowest BCUT2D eigenvalue weighted by Gasteiger charge is -2.24. The third-order valence-corrected chi connectivity index (χ3v) is 3.50. The summed E-state index contributed by atoms with van der Waals surface area (Å²) in [5, 5.41) is 8.97. The second-order valence-electron chi connectivity index (χ2n) is 4.54. The van der Waals surface area contributed by atoms with Gasteiger partial charge in [-0.15, -0.1) is 0 Å². The third kappa shape index (κ3) is 4.86. The maximum absolute atomic E-state index is 12.3. The Bertz CT molecular complexity index is 462. The monoisotopic (exact) mass is 296 g/mol. The average molecular weight is 296 g/mol. The predicted molar refractivity (Wildman–Crippen MR) is 82.1 cm³/mol. The topological polar surface area (TPSA) is 83.6 Å². The first-order chi connectivity index (χ1) is 9.45. The summed E-state index contributed by atoms with van der Waals surface area (Å²) in [6, 6.07) is 6.47. The number of amides is 1. The summed E-state index contributed by atoms with van der Waals surface area (Å²) in [5.74, 6) is -0.650. The molecule has 0 heterocycles. The molecule has 0 aliphatic heterocycles. The van der Waals surface area contributed by atoms with Crippen molar-refractivity contribution in [3.63, 3.8) is 0 Å². The highest BCUT2D eigenvalue weighted by atomic mass is 32.2. The second-order valence-corrected chi connectivity index (χ2v) is 5.53. The minimum Gasteiger partial charge on any atom is -0.480 e. The van der Waals surface area contributed by atoms with Crippen LogP contribution in [0.1, 0.15) is 12.0 Å². The van der Waals surface area contributed by atoms with E-state index < -0.39 is 12.0 Å². The van der Waals surface area contributed by atoms with Crippen LogP contribution in [-0.4, -0.2) is 41.6 Å². The second kappa shape index (κ2) is 7.91. The number of carboxylic acid groups (broad SMARTS) is 1. The first-order valence-corrected chi connectivity index (χ1v) is 7.69. The molecule has 0 aromatic heterocycles. The number of carboxylic acids is 1. The number of benzene rings is 1. The fourth-order valence-corrected chi connectivity index (χ4v) is 2.21. The number of carbonyl (C=O) groups excluding carboxylic acids is 1. The average Bonchev–Trinajstić information content (AvgIpc) is 2.42. The van der Waals surface area contributed by atoms with Crippen LogP contribution in [-0.2, 0) is 9.59 Å². The molecule has 1 atom stereocenters. The normalized spacial score (nSPS) is 11.9. The molecule has 1 rings (SSSR count). The number of anilines is 1. The zero-order chi connectivity index (χ0) is 15.1. The van der Waals surface area contributed by atoms with Crippen LogP contribution < -0.4 is 10.6 Å². The van der Waals surface area contributed by atoms with Crippen molar-refractivity contribution in [1.29, 1.82) is 0 Å². The van der Waals surface area contributed by atoms with Gasteiger partial charge in [0.25, 0.3) is 0 Å². The van der Waals surface area contributed by atoms with Gasteiger partial charge < -0.3 is 10.8 Å². The Hall–Kier alpha value is -1.53. The zero-order valence-electron chi connectivity index (χ0n) is 11.7. The standard InChI is InChI=1S/C14H20N2O3S/c1-10-3-5-11(6-4-10)16(9-13(17)18)14(19)12(15)7-8-20-2/h3-6,12H,7-9,15H2,1-2H3,(H,17,18)/t12-/m0/s1. The van der Waals surface area contributed by atoms with Crippen molar-refractivity contribution in [3.05, 3.63) is 29.8 Å². The summed E-state index contributed by atoms with van der Waals surface area (Å²) in [5.41, 5.74) is 7.45. The Balaban J connectivity index is 2.91. The van der Waals surface area contributed by atoms with E-state index >= 15 is 0 Å². The molecule has 0 bridgehead atoms. The van der Waals surface area contributed by atoms with Gasteiger partial charge in [0, 0.05) is 5.69 Å². The highest BCUT2D eigenvalue weighted by molar-refractivity contribution is 7.98. The molecule has 0 fully saturated rings. The number of nitrogens with zero attached hydrogens (tertiary/aromatic N) is 1. The van der Waals surface area contributed by atoms with Crippen LogP contribution in [0.2, 0.25) is 0 Å². The molecule has 0 saturated carbocycles. The molecule has 1 aromatic rings. The van der Waals surface area contributed by atoms with Crippen molar-refractivity contribution < 1.29 is 14.7 Å². The quantitative estimate of drug-likeness (QED) is 0.796. The van der Waals surface area contributed by atoms with Gasteiger partial charge in [0.1, 0.15) is 6.54 Å². The van der Waals surface area contributed by atoms with Crippen molar-refractivity contribution in [2.75, 3.05) is 23.5 Å². The van der Waals surface area contributed by atoms with Crippen molar-refractivity contribution >= 4 is 29.3 Å². The van der Waals surface area contributed by atoms with E-state index in [4.69, 9.17) is 10.8 Å². The van der Waals surface area contributed by atoms with Crippen LogP contribution in [0, 0.1) is 6.92 Å². The molecule has 6 heteroatoms. The number of aryl methyl sites for hydroxylation is 1. The van der Waals surface area contributed by atoms with E-state index in [1.165, 1.54) is 4.90 Å². The van der Waals surface area contributed by atoms with Crippen LogP contribution >= 0.6 is 11.8 Å². The van der Waals surface area contributed by atoms with Crippen LogP contribution in [0.25, 0.3) is 0 Å². The fraction of sp³-hybridized carbons (Fsp3) is 0.429. The summed E-state index contributed by atoms with van der Waals surface area (Å²) in [6.07, 6.45) is 2.47. The Morgan fingerprint density at radius 1 is 1.35 bits per heavy atom. The summed E-state index contributed by atoms with van der Waals surface area (Å²) in [4.78, 5) is 24.5. The van der Waals surface area contributed by atoms with Crippen LogP contribution in [0.3, 0.4) is 0 Å². The summed E-state index contributed by atoms with van der Waals surface area (Å²) < 4.78 is 0. The van der Waals surface area contributed by atoms with Crippen molar-refractivity contribution in [1.82, 2.24) is 0 Å². The Kier molecular flexibility index (Phi) is 6.54. The van der Waals surface area contributed by atoms with E-state index in [0.717, 1.165) is 11.3 Å². The molecular formula is C14H20N2O3S. The van der Waals surface area contributed by atoms with E-state index in [9.17, 15) is 9.59 Å². The molecule has 0 aliphatic rings. The summed E-state index contributed by atoms with van der Waals surface area (Å²) in [7, 11) is 0. The first-order valence-electron chi connectivity index (χ1n) is 6.30. The van der Waals surface area contributed by atoms with Gasteiger partial charge in [-0.05, 0) is 37.5 Å². The lowest BCUT2D eigenvalue weighted by molar-refractivity contribution is -0.136. The van der Waals surface area contributed by atoms with Crippen molar-refractivity contribution in [2.45, 2.75) is 19.4 Å². The molecule has 0 saturated heterocycles. The largest absolute Gasteiger partial charge is 0.480 e. The number of aliphatic carboxylic acids is 1. The van der Waals surface area contributed by atoms with Crippen LogP contribution in [0.4, 0.5) is 5.69 Å². The van der Waals surface area contributed by atoms with E-state index in [0.29, 0.717) is 12.1 Å². The SMILES string of the molecule is CSCC[C@H](N)C(=O)N(CC(=O)O)c1ccc(C)cc1. The van der Waals surface area contributed by atoms with Gasteiger partial charge >= 0.3 is 5.97 Å². The molecule has 0 unspecified atom stereocenters. The molecule has 0 spiro atoms. The van der Waals surface area contributed by atoms with E-state index in [-0.39, 0.29) is 12.5 Å².